The lowest BCUT2D eigenvalue weighted by Gasteiger charge is -2.34. The average molecular weight is 490 g/mol. The normalized spacial score (nSPS) is 15.2. The molecule has 2 amide bonds. The summed E-state index contributed by atoms with van der Waals surface area (Å²) < 4.78 is 0. The van der Waals surface area contributed by atoms with Gasteiger partial charge in [-0.3, -0.25) is 14.7 Å². The molecule has 3 heterocycles. The number of aromatic amines is 1. The molecule has 0 saturated carbocycles. The summed E-state index contributed by atoms with van der Waals surface area (Å²) in [5, 5.41) is 16.4. The molecule has 1 saturated heterocycles. The predicted molar refractivity (Wildman–Crippen MR) is 138 cm³/mol. The quantitative estimate of drug-likeness (QED) is 0.383. The lowest BCUT2D eigenvalue weighted by Crippen LogP contribution is -2.44. The summed E-state index contributed by atoms with van der Waals surface area (Å²) in [6.45, 7) is 5.89. The summed E-state index contributed by atoms with van der Waals surface area (Å²) >= 11 is 1.50. The standard InChI is InChI=1S/C25H27N7O2S/c1-16(25-26-9-14-35-25)27-24(34)18-5-8-21-20(15-18)22(30-29-21)28-23(33)17-3-6-19(7-4-17)32-12-10-31(2)11-13-32/h3-9,14-16H,10-13H2,1-2H3,(H,27,34)(H2,28,29,30,33). The highest BCUT2D eigenvalue weighted by atomic mass is 32.1. The number of rotatable bonds is 6. The third kappa shape index (κ3) is 5.03. The van der Waals surface area contributed by atoms with Crippen molar-refractivity contribution in [3.63, 3.8) is 0 Å². The number of aromatic nitrogens is 3. The lowest BCUT2D eigenvalue weighted by molar-refractivity contribution is 0.0939. The average Bonchev–Trinajstić information content (AvgIpc) is 3.55. The smallest absolute Gasteiger partial charge is 0.256 e. The van der Waals surface area contributed by atoms with Crippen LogP contribution in [0.25, 0.3) is 10.9 Å². The Bertz CT molecular complexity index is 1330. The maximum absolute atomic E-state index is 12.9. The van der Waals surface area contributed by atoms with Gasteiger partial charge in [-0.2, -0.15) is 5.10 Å². The number of hydrogen-bond acceptors (Lipinski definition) is 7. The van der Waals surface area contributed by atoms with Crippen LogP contribution in [0.3, 0.4) is 0 Å². The summed E-state index contributed by atoms with van der Waals surface area (Å²) in [6.07, 6.45) is 1.72. The zero-order valence-electron chi connectivity index (χ0n) is 19.6. The number of fused-ring (bicyclic) bond motifs is 1. The summed E-state index contributed by atoms with van der Waals surface area (Å²) in [4.78, 5) is 34.6. The number of hydrogen-bond donors (Lipinski definition) is 3. The number of carbonyl (C=O) groups is 2. The number of carbonyl (C=O) groups excluding carboxylic acids is 2. The second-order valence-electron chi connectivity index (χ2n) is 8.69. The van der Waals surface area contributed by atoms with Crippen LogP contribution in [0.15, 0.2) is 54.0 Å². The molecule has 1 aliphatic heterocycles. The van der Waals surface area contributed by atoms with E-state index in [0.717, 1.165) is 42.4 Å². The Kier molecular flexibility index (Phi) is 6.47. The third-order valence-electron chi connectivity index (χ3n) is 6.22. The number of thiazole rings is 1. The molecule has 0 radical (unpaired) electrons. The fourth-order valence-electron chi connectivity index (χ4n) is 4.11. The van der Waals surface area contributed by atoms with Gasteiger partial charge in [-0.1, -0.05) is 0 Å². The van der Waals surface area contributed by atoms with Crippen LogP contribution in [0, 0.1) is 0 Å². The van der Waals surface area contributed by atoms with Crippen molar-refractivity contribution < 1.29 is 9.59 Å². The van der Waals surface area contributed by atoms with Crippen LogP contribution < -0.4 is 15.5 Å². The highest BCUT2D eigenvalue weighted by Gasteiger charge is 2.18. The number of nitrogens with zero attached hydrogens (tertiary/aromatic N) is 4. The number of nitrogens with one attached hydrogen (secondary N) is 3. The minimum Gasteiger partial charge on any atom is -0.369 e. The van der Waals surface area contributed by atoms with Crippen LogP contribution >= 0.6 is 11.3 Å². The number of benzene rings is 2. The van der Waals surface area contributed by atoms with E-state index in [-0.39, 0.29) is 17.9 Å². The minimum atomic E-state index is -0.254. The maximum Gasteiger partial charge on any atom is 0.256 e. The second kappa shape index (κ2) is 9.85. The summed E-state index contributed by atoms with van der Waals surface area (Å²) in [5.74, 6) is -0.0843. The first kappa shape index (κ1) is 23.0. The Morgan fingerprint density at radius 1 is 1.03 bits per heavy atom. The Balaban J connectivity index is 1.28. The van der Waals surface area contributed by atoms with Gasteiger partial charge < -0.3 is 20.4 Å². The zero-order valence-corrected chi connectivity index (χ0v) is 20.4. The Labute approximate surface area is 207 Å². The molecule has 2 aromatic heterocycles. The van der Waals surface area contributed by atoms with Crippen molar-refractivity contribution in [1.82, 2.24) is 25.4 Å². The van der Waals surface area contributed by atoms with Gasteiger partial charge in [-0.15, -0.1) is 11.3 Å². The van der Waals surface area contributed by atoms with Crippen molar-refractivity contribution in [2.75, 3.05) is 43.4 Å². The first-order valence-corrected chi connectivity index (χ1v) is 12.4. The van der Waals surface area contributed by atoms with Crippen molar-refractivity contribution in [2.24, 2.45) is 0 Å². The van der Waals surface area contributed by atoms with Gasteiger partial charge in [0.2, 0.25) is 0 Å². The number of likely N-dealkylation sites (N-methyl/N-ethyl adjacent to an activating group) is 1. The van der Waals surface area contributed by atoms with Crippen LogP contribution in [-0.2, 0) is 0 Å². The summed E-state index contributed by atoms with van der Waals surface area (Å²) in [7, 11) is 2.13. The molecule has 1 fully saturated rings. The first-order valence-electron chi connectivity index (χ1n) is 11.5. The Hall–Kier alpha value is -3.76. The zero-order chi connectivity index (χ0) is 24.4. The molecule has 1 atom stereocenters. The molecular formula is C25H27N7O2S. The Morgan fingerprint density at radius 2 is 1.77 bits per heavy atom. The van der Waals surface area contributed by atoms with Crippen molar-refractivity contribution in [2.45, 2.75) is 13.0 Å². The van der Waals surface area contributed by atoms with E-state index >= 15 is 0 Å². The first-order chi connectivity index (χ1) is 17.0. The molecule has 4 aromatic rings. The number of amides is 2. The molecule has 9 nitrogen and oxygen atoms in total. The lowest BCUT2D eigenvalue weighted by atomic mass is 10.1. The summed E-state index contributed by atoms with van der Waals surface area (Å²) in [6, 6.07) is 12.7. The minimum absolute atomic E-state index is 0.199. The summed E-state index contributed by atoms with van der Waals surface area (Å²) in [5.41, 5.74) is 2.87. The largest absolute Gasteiger partial charge is 0.369 e. The molecule has 1 unspecified atom stereocenters. The van der Waals surface area contributed by atoms with Gasteiger partial charge >= 0.3 is 0 Å². The van der Waals surface area contributed by atoms with E-state index in [1.54, 1.807) is 24.4 Å². The van der Waals surface area contributed by atoms with Crippen molar-refractivity contribution in [3.8, 4) is 0 Å². The van der Waals surface area contributed by atoms with Crippen LogP contribution in [0.2, 0.25) is 0 Å². The van der Waals surface area contributed by atoms with Gasteiger partial charge in [-0.25, -0.2) is 4.98 Å². The molecule has 1 aliphatic rings. The molecule has 10 heteroatoms. The van der Waals surface area contributed by atoms with Gasteiger partial charge in [0.05, 0.1) is 11.6 Å². The van der Waals surface area contributed by atoms with Gasteiger partial charge in [0.1, 0.15) is 5.01 Å². The fourth-order valence-corrected chi connectivity index (χ4v) is 4.75. The van der Waals surface area contributed by atoms with Gasteiger partial charge in [0.15, 0.2) is 5.82 Å². The highest BCUT2D eigenvalue weighted by Crippen LogP contribution is 2.24. The molecule has 35 heavy (non-hydrogen) atoms. The monoisotopic (exact) mass is 489 g/mol. The molecule has 0 spiro atoms. The maximum atomic E-state index is 12.9. The van der Waals surface area contributed by atoms with Crippen LogP contribution in [0.4, 0.5) is 11.5 Å². The van der Waals surface area contributed by atoms with Gasteiger partial charge in [0, 0.05) is 60.0 Å². The molecule has 0 aliphatic carbocycles. The van der Waals surface area contributed by atoms with Crippen LogP contribution in [0.5, 0.6) is 0 Å². The topological polar surface area (TPSA) is 106 Å². The van der Waals surface area contributed by atoms with Crippen molar-refractivity contribution in [1.29, 1.82) is 0 Å². The van der Waals surface area contributed by atoms with E-state index in [4.69, 9.17) is 0 Å². The van der Waals surface area contributed by atoms with E-state index in [9.17, 15) is 9.59 Å². The highest BCUT2D eigenvalue weighted by molar-refractivity contribution is 7.09. The van der Waals surface area contributed by atoms with Crippen molar-refractivity contribution >= 4 is 45.6 Å². The number of piperazine rings is 1. The van der Waals surface area contributed by atoms with E-state index in [1.807, 2.05) is 36.6 Å². The fraction of sp³-hybridized carbons (Fsp3) is 0.280. The molecule has 0 bridgehead atoms. The van der Waals surface area contributed by atoms with E-state index in [0.29, 0.717) is 22.3 Å². The molecule has 3 N–H and O–H groups in total. The molecule has 180 valence electrons. The SMILES string of the molecule is CC(NC(=O)c1ccc2[nH]nc(NC(=O)c3ccc(N4CCN(C)CC4)cc3)c2c1)c1nccs1. The Morgan fingerprint density at radius 3 is 2.49 bits per heavy atom. The van der Waals surface area contributed by atoms with E-state index in [1.165, 1.54) is 11.3 Å². The van der Waals surface area contributed by atoms with E-state index < -0.39 is 0 Å². The van der Waals surface area contributed by atoms with E-state index in [2.05, 4.69) is 42.7 Å². The molecular weight excluding hydrogens is 462 g/mol. The van der Waals surface area contributed by atoms with Crippen LogP contribution in [0.1, 0.15) is 38.7 Å². The number of anilines is 2. The van der Waals surface area contributed by atoms with Crippen molar-refractivity contribution in [3.05, 3.63) is 70.2 Å². The van der Waals surface area contributed by atoms with Gasteiger partial charge in [-0.05, 0) is 56.4 Å². The molecule has 2 aromatic carbocycles. The third-order valence-corrected chi connectivity index (χ3v) is 7.18. The molecule has 5 rings (SSSR count). The number of H-pyrrole nitrogens is 1. The predicted octanol–water partition coefficient (Wildman–Crippen LogP) is 3.51. The van der Waals surface area contributed by atoms with Gasteiger partial charge in [0.25, 0.3) is 11.8 Å². The van der Waals surface area contributed by atoms with Crippen LogP contribution in [-0.4, -0.2) is 65.1 Å². The second-order valence-corrected chi connectivity index (χ2v) is 9.62.